The van der Waals surface area contributed by atoms with Crippen LogP contribution in [0.2, 0.25) is 0 Å². The third-order valence-electron chi connectivity index (χ3n) is 3.95. The van der Waals surface area contributed by atoms with E-state index in [0.717, 1.165) is 42.4 Å². The first kappa shape index (κ1) is 13.1. The highest BCUT2D eigenvalue weighted by atomic mass is 79.9. The Hall–Kier alpha value is -0.880. The van der Waals surface area contributed by atoms with Crippen LogP contribution >= 0.6 is 15.9 Å². The Morgan fingerprint density at radius 1 is 1.42 bits per heavy atom. The monoisotopic (exact) mass is 325 g/mol. The van der Waals surface area contributed by atoms with Gasteiger partial charge in [0.15, 0.2) is 0 Å². The van der Waals surface area contributed by atoms with Crippen LogP contribution in [0.4, 0.5) is 11.8 Å². The molecule has 3 rings (SSSR count). The summed E-state index contributed by atoms with van der Waals surface area (Å²) < 4.78 is 0.987. The van der Waals surface area contributed by atoms with Crippen LogP contribution in [0.5, 0.6) is 0 Å². The summed E-state index contributed by atoms with van der Waals surface area (Å²) in [5.74, 6) is 1.74. The standard InChI is InChI=1S/C13H20BrN5/c1-2-15-13-16-8-11(14)12(17-13)19-7-6-18-5-3-4-10(18)9-19/h8,10H,2-7,9H2,1H3,(H,15,16,17). The molecule has 2 aliphatic rings. The Morgan fingerprint density at radius 3 is 3.16 bits per heavy atom. The molecule has 0 bridgehead atoms. The van der Waals surface area contributed by atoms with Gasteiger partial charge in [0.25, 0.3) is 0 Å². The average Bonchev–Trinajstić information content (AvgIpc) is 2.88. The van der Waals surface area contributed by atoms with E-state index in [0.29, 0.717) is 6.04 Å². The minimum absolute atomic E-state index is 0.707. The molecule has 6 heteroatoms. The van der Waals surface area contributed by atoms with Gasteiger partial charge in [0.1, 0.15) is 5.82 Å². The van der Waals surface area contributed by atoms with Gasteiger partial charge in [0.05, 0.1) is 4.47 Å². The first-order valence-electron chi connectivity index (χ1n) is 7.03. The van der Waals surface area contributed by atoms with Crippen LogP contribution in [0.1, 0.15) is 19.8 Å². The summed E-state index contributed by atoms with van der Waals surface area (Å²) in [5.41, 5.74) is 0. The fraction of sp³-hybridized carbons (Fsp3) is 0.692. The van der Waals surface area contributed by atoms with E-state index < -0.39 is 0 Å². The molecule has 0 saturated carbocycles. The van der Waals surface area contributed by atoms with Crippen LogP contribution in [0, 0.1) is 0 Å². The zero-order valence-corrected chi connectivity index (χ0v) is 12.9. The van der Waals surface area contributed by atoms with E-state index in [4.69, 9.17) is 0 Å². The second-order valence-corrected chi connectivity index (χ2v) is 6.03. The molecule has 1 atom stereocenters. The smallest absolute Gasteiger partial charge is 0.224 e. The molecular weight excluding hydrogens is 306 g/mol. The number of piperazine rings is 1. The topological polar surface area (TPSA) is 44.3 Å². The molecule has 2 fully saturated rings. The minimum Gasteiger partial charge on any atom is -0.354 e. The Morgan fingerprint density at radius 2 is 2.32 bits per heavy atom. The van der Waals surface area contributed by atoms with Gasteiger partial charge in [-0.05, 0) is 42.2 Å². The Balaban J connectivity index is 1.79. The Labute approximate surface area is 122 Å². The number of nitrogens with one attached hydrogen (secondary N) is 1. The Kier molecular flexibility index (Phi) is 3.88. The number of nitrogens with zero attached hydrogens (tertiary/aromatic N) is 4. The van der Waals surface area contributed by atoms with Crippen molar-refractivity contribution in [3.05, 3.63) is 10.7 Å². The van der Waals surface area contributed by atoms with Crippen molar-refractivity contribution in [3.8, 4) is 0 Å². The van der Waals surface area contributed by atoms with E-state index in [2.05, 4.69) is 47.9 Å². The van der Waals surface area contributed by atoms with Gasteiger partial charge in [-0.25, -0.2) is 4.98 Å². The van der Waals surface area contributed by atoms with Crippen LogP contribution < -0.4 is 10.2 Å². The van der Waals surface area contributed by atoms with E-state index in [9.17, 15) is 0 Å². The first-order chi connectivity index (χ1) is 9.28. The van der Waals surface area contributed by atoms with Crippen LogP contribution in [0.15, 0.2) is 10.7 Å². The van der Waals surface area contributed by atoms with E-state index in [1.54, 1.807) is 0 Å². The zero-order valence-electron chi connectivity index (χ0n) is 11.3. The molecule has 19 heavy (non-hydrogen) atoms. The number of anilines is 2. The van der Waals surface area contributed by atoms with Crippen LogP contribution in [-0.4, -0.2) is 53.6 Å². The van der Waals surface area contributed by atoms with Crippen molar-refractivity contribution in [2.45, 2.75) is 25.8 Å². The molecule has 104 valence electrons. The van der Waals surface area contributed by atoms with Crippen LogP contribution in [-0.2, 0) is 0 Å². The summed E-state index contributed by atoms with van der Waals surface area (Å²) in [6, 6.07) is 0.707. The van der Waals surface area contributed by atoms with Crippen molar-refractivity contribution in [1.82, 2.24) is 14.9 Å². The average molecular weight is 326 g/mol. The first-order valence-corrected chi connectivity index (χ1v) is 7.82. The molecule has 0 radical (unpaired) electrons. The lowest BCUT2D eigenvalue weighted by Gasteiger charge is -2.38. The Bertz CT molecular complexity index is 453. The van der Waals surface area contributed by atoms with Gasteiger partial charge in [0, 0.05) is 38.4 Å². The molecule has 0 spiro atoms. The lowest BCUT2D eigenvalue weighted by atomic mass is 10.1. The molecule has 2 saturated heterocycles. The molecule has 1 unspecified atom stereocenters. The molecule has 0 aromatic carbocycles. The quantitative estimate of drug-likeness (QED) is 0.920. The number of halogens is 1. The highest BCUT2D eigenvalue weighted by Gasteiger charge is 2.31. The van der Waals surface area contributed by atoms with Gasteiger partial charge in [-0.15, -0.1) is 0 Å². The van der Waals surface area contributed by atoms with Crippen LogP contribution in [0.3, 0.4) is 0 Å². The highest BCUT2D eigenvalue weighted by molar-refractivity contribution is 9.10. The number of hydrogen-bond donors (Lipinski definition) is 1. The van der Waals surface area contributed by atoms with Gasteiger partial charge in [-0.1, -0.05) is 0 Å². The van der Waals surface area contributed by atoms with Crippen molar-refractivity contribution < 1.29 is 0 Å². The molecule has 1 N–H and O–H groups in total. The maximum Gasteiger partial charge on any atom is 0.224 e. The van der Waals surface area contributed by atoms with Gasteiger partial charge in [-0.2, -0.15) is 4.98 Å². The van der Waals surface area contributed by atoms with Gasteiger partial charge in [0.2, 0.25) is 5.95 Å². The second-order valence-electron chi connectivity index (χ2n) is 5.17. The second kappa shape index (κ2) is 5.63. The van der Waals surface area contributed by atoms with Gasteiger partial charge in [-0.3, -0.25) is 4.90 Å². The van der Waals surface area contributed by atoms with E-state index in [1.807, 2.05) is 6.20 Å². The lowest BCUT2D eigenvalue weighted by molar-refractivity contribution is 0.230. The number of hydrogen-bond acceptors (Lipinski definition) is 5. The van der Waals surface area contributed by atoms with E-state index >= 15 is 0 Å². The minimum atomic E-state index is 0.707. The molecular formula is C13H20BrN5. The van der Waals surface area contributed by atoms with Crippen molar-refractivity contribution in [2.24, 2.45) is 0 Å². The fourth-order valence-corrected chi connectivity index (χ4v) is 3.45. The predicted octanol–water partition coefficient (Wildman–Crippen LogP) is 1.96. The summed E-state index contributed by atoms with van der Waals surface area (Å²) in [4.78, 5) is 13.9. The number of rotatable bonds is 3. The maximum absolute atomic E-state index is 4.64. The normalized spacial score (nSPS) is 23.5. The largest absolute Gasteiger partial charge is 0.354 e. The van der Waals surface area contributed by atoms with Gasteiger partial charge < -0.3 is 10.2 Å². The third-order valence-corrected chi connectivity index (χ3v) is 4.51. The lowest BCUT2D eigenvalue weighted by Crippen LogP contribution is -2.50. The number of aromatic nitrogens is 2. The van der Waals surface area contributed by atoms with Crippen molar-refractivity contribution in [1.29, 1.82) is 0 Å². The molecule has 2 aliphatic heterocycles. The highest BCUT2D eigenvalue weighted by Crippen LogP contribution is 2.29. The van der Waals surface area contributed by atoms with Crippen LogP contribution in [0.25, 0.3) is 0 Å². The molecule has 1 aromatic heterocycles. The van der Waals surface area contributed by atoms with E-state index in [-0.39, 0.29) is 0 Å². The summed E-state index contributed by atoms with van der Waals surface area (Å²) in [6.45, 7) is 7.46. The molecule has 5 nitrogen and oxygen atoms in total. The molecule has 1 aromatic rings. The summed E-state index contributed by atoms with van der Waals surface area (Å²) >= 11 is 3.58. The predicted molar refractivity (Wildman–Crippen MR) is 80.7 cm³/mol. The molecule has 0 amide bonds. The van der Waals surface area contributed by atoms with E-state index in [1.165, 1.54) is 19.4 Å². The fourth-order valence-electron chi connectivity index (χ4n) is 3.01. The van der Waals surface area contributed by atoms with Crippen molar-refractivity contribution >= 4 is 27.7 Å². The van der Waals surface area contributed by atoms with Gasteiger partial charge >= 0.3 is 0 Å². The summed E-state index contributed by atoms with van der Waals surface area (Å²) in [7, 11) is 0. The SMILES string of the molecule is CCNc1ncc(Br)c(N2CCN3CCCC3C2)n1. The summed E-state index contributed by atoms with van der Waals surface area (Å²) in [5, 5.41) is 3.18. The number of fused-ring (bicyclic) bond motifs is 1. The van der Waals surface area contributed by atoms with Crippen molar-refractivity contribution in [3.63, 3.8) is 0 Å². The zero-order chi connectivity index (χ0) is 13.2. The third kappa shape index (κ3) is 2.69. The molecule has 3 heterocycles. The van der Waals surface area contributed by atoms with Crippen molar-refractivity contribution in [2.75, 3.05) is 42.9 Å². The summed E-state index contributed by atoms with van der Waals surface area (Å²) in [6.07, 6.45) is 4.51. The molecule has 0 aliphatic carbocycles. The maximum atomic E-state index is 4.64.